The van der Waals surface area contributed by atoms with Crippen molar-refractivity contribution in [2.24, 2.45) is 5.92 Å². The van der Waals surface area contributed by atoms with Crippen LogP contribution in [0, 0.1) is 5.92 Å². The minimum atomic E-state index is -3.68. The Hall–Kier alpha value is -1.15. The van der Waals surface area contributed by atoms with E-state index in [1.807, 2.05) is 0 Å². The summed E-state index contributed by atoms with van der Waals surface area (Å²) in [7, 11) is -2.16. The lowest BCUT2D eigenvalue weighted by Gasteiger charge is -2.47. The van der Waals surface area contributed by atoms with Crippen LogP contribution in [0.2, 0.25) is 5.02 Å². The van der Waals surface area contributed by atoms with Crippen LogP contribution in [0.3, 0.4) is 0 Å². The number of nitrogens with zero attached hydrogens (tertiary/aromatic N) is 1. The molecule has 2 aliphatic rings. The molecule has 0 aromatic heterocycles. The molecular weight excluding hydrogens is 376 g/mol. The molecular formula is C18H25ClN2O4S. The maximum absolute atomic E-state index is 12.7. The Labute approximate surface area is 159 Å². The zero-order valence-electron chi connectivity index (χ0n) is 15.2. The van der Waals surface area contributed by atoms with E-state index >= 15 is 0 Å². The van der Waals surface area contributed by atoms with Gasteiger partial charge in [0.05, 0.1) is 21.6 Å². The van der Waals surface area contributed by atoms with Crippen molar-refractivity contribution in [3.8, 4) is 0 Å². The summed E-state index contributed by atoms with van der Waals surface area (Å²) in [4.78, 5) is 12.7. The van der Waals surface area contributed by atoms with E-state index in [1.54, 1.807) is 13.8 Å². The van der Waals surface area contributed by atoms with Crippen LogP contribution in [0.4, 0.5) is 0 Å². The van der Waals surface area contributed by atoms with Gasteiger partial charge in [-0.05, 0) is 51.3 Å². The third-order valence-electron chi connectivity index (χ3n) is 5.40. The molecule has 2 fully saturated rings. The van der Waals surface area contributed by atoms with Crippen LogP contribution in [-0.2, 0) is 14.8 Å². The van der Waals surface area contributed by atoms with Gasteiger partial charge in [-0.3, -0.25) is 4.79 Å². The molecule has 0 bridgehead atoms. The zero-order valence-corrected chi connectivity index (χ0v) is 16.8. The number of nitrogens with one attached hydrogen (secondary N) is 1. The van der Waals surface area contributed by atoms with E-state index in [0.717, 1.165) is 25.9 Å². The van der Waals surface area contributed by atoms with Crippen LogP contribution in [0.5, 0.6) is 0 Å². The average Bonchev–Trinajstić information content (AvgIpc) is 2.58. The van der Waals surface area contributed by atoms with Crippen LogP contribution in [0.15, 0.2) is 23.1 Å². The van der Waals surface area contributed by atoms with Gasteiger partial charge in [-0.1, -0.05) is 11.6 Å². The summed E-state index contributed by atoms with van der Waals surface area (Å²) < 4.78 is 32.3. The summed E-state index contributed by atoms with van der Waals surface area (Å²) in [6, 6.07) is 4.12. The van der Waals surface area contributed by atoms with Gasteiger partial charge in [-0.25, -0.2) is 8.42 Å². The molecule has 3 rings (SSSR count). The molecule has 8 heteroatoms. The van der Waals surface area contributed by atoms with Crippen LogP contribution >= 0.6 is 11.6 Å². The molecule has 0 radical (unpaired) electrons. The van der Waals surface area contributed by atoms with Crippen molar-refractivity contribution < 1.29 is 17.9 Å². The van der Waals surface area contributed by atoms with E-state index in [1.165, 1.54) is 29.6 Å². The highest BCUT2D eigenvalue weighted by Crippen LogP contribution is 2.38. The van der Waals surface area contributed by atoms with Crippen molar-refractivity contribution in [1.29, 1.82) is 0 Å². The van der Waals surface area contributed by atoms with E-state index in [9.17, 15) is 13.2 Å². The van der Waals surface area contributed by atoms with Crippen molar-refractivity contribution in [3.05, 3.63) is 28.8 Å². The summed E-state index contributed by atoms with van der Waals surface area (Å²) in [5.74, 6) is -0.00117. The Kier molecular flexibility index (Phi) is 5.63. The predicted molar refractivity (Wildman–Crippen MR) is 99.9 cm³/mol. The molecule has 26 heavy (non-hydrogen) atoms. The number of amides is 1. The maximum atomic E-state index is 12.7. The molecule has 1 aromatic carbocycles. The van der Waals surface area contributed by atoms with Crippen LogP contribution in [0.1, 0.15) is 43.5 Å². The fraction of sp³-hybridized carbons (Fsp3) is 0.611. The lowest BCUT2D eigenvalue weighted by molar-refractivity contribution is -0.100. The molecule has 1 saturated carbocycles. The first kappa shape index (κ1) is 19.6. The maximum Gasteiger partial charge on any atom is 0.253 e. The summed E-state index contributed by atoms with van der Waals surface area (Å²) in [5.41, 5.74) is 0.185. The first-order chi connectivity index (χ1) is 12.2. The number of sulfonamides is 1. The molecule has 1 aliphatic carbocycles. The molecule has 144 valence electrons. The van der Waals surface area contributed by atoms with Gasteiger partial charge < -0.3 is 10.1 Å². The molecule has 1 aliphatic heterocycles. The van der Waals surface area contributed by atoms with Crippen molar-refractivity contribution in [2.75, 3.05) is 13.7 Å². The number of hydrogen-bond acceptors (Lipinski definition) is 4. The van der Waals surface area contributed by atoms with Crippen LogP contribution < -0.4 is 5.32 Å². The number of hydrogen-bond donors (Lipinski definition) is 1. The number of carbonyl (C=O) groups is 1. The summed E-state index contributed by atoms with van der Waals surface area (Å²) >= 11 is 6.17. The second-order valence-corrected chi connectivity index (χ2v) is 9.69. The highest BCUT2D eigenvalue weighted by Gasteiger charge is 2.44. The molecule has 1 saturated heterocycles. The highest BCUT2D eigenvalue weighted by atomic mass is 35.5. The van der Waals surface area contributed by atoms with Gasteiger partial charge >= 0.3 is 0 Å². The van der Waals surface area contributed by atoms with Gasteiger partial charge in [-0.2, -0.15) is 4.31 Å². The molecule has 1 heterocycles. The second-order valence-electron chi connectivity index (χ2n) is 7.29. The van der Waals surface area contributed by atoms with Gasteiger partial charge in [0.25, 0.3) is 5.91 Å². The summed E-state index contributed by atoms with van der Waals surface area (Å²) in [6.07, 6.45) is 3.07. The Balaban J connectivity index is 1.78. The largest absolute Gasteiger partial charge is 0.378 e. The fourth-order valence-corrected chi connectivity index (χ4v) is 5.09. The van der Waals surface area contributed by atoms with Gasteiger partial charge in [0.1, 0.15) is 0 Å². The third-order valence-corrected chi connectivity index (χ3v) is 7.76. The topological polar surface area (TPSA) is 75.7 Å². The molecule has 3 unspecified atom stereocenters. The molecule has 3 atom stereocenters. The van der Waals surface area contributed by atoms with Gasteiger partial charge in [0, 0.05) is 31.7 Å². The quantitative estimate of drug-likeness (QED) is 0.824. The lowest BCUT2D eigenvalue weighted by atomic mass is 9.72. The normalized spacial score (nSPS) is 25.7. The van der Waals surface area contributed by atoms with Crippen molar-refractivity contribution >= 4 is 27.5 Å². The summed E-state index contributed by atoms with van der Waals surface area (Å²) in [5, 5.41) is 3.23. The van der Waals surface area contributed by atoms with Crippen molar-refractivity contribution in [2.45, 2.75) is 56.2 Å². The summed E-state index contributed by atoms with van der Waals surface area (Å²) in [6.45, 7) is 4.37. The molecule has 1 aromatic rings. The van der Waals surface area contributed by atoms with Gasteiger partial charge in [0.15, 0.2) is 0 Å². The van der Waals surface area contributed by atoms with Crippen LogP contribution in [-0.4, -0.2) is 50.5 Å². The average molecular weight is 401 g/mol. The SMILES string of the molecule is CC(C)N(C)S(=O)(=O)c1ccc(Cl)c(C(=O)NC2CC3OCCCC23)c1. The lowest BCUT2D eigenvalue weighted by Crippen LogP contribution is -2.57. The third kappa shape index (κ3) is 3.63. The number of fused-ring (bicyclic) bond motifs is 1. The van der Waals surface area contributed by atoms with E-state index in [-0.39, 0.29) is 39.6 Å². The molecule has 6 nitrogen and oxygen atoms in total. The Morgan fingerprint density at radius 1 is 1.38 bits per heavy atom. The van der Waals surface area contributed by atoms with E-state index in [4.69, 9.17) is 16.3 Å². The van der Waals surface area contributed by atoms with Crippen LogP contribution in [0.25, 0.3) is 0 Å². The van der Waals surface area contributed by atoms with Crippen molar-refractivity contribution in [3.63, 3.8) is 0 Å². The van der Waals surface area contributed by atoms with Gasteiger partial charge in [-0.15, -0.1) is 0 Å². The van der Waals surface area contributed by atoms with Gasteiger partial charge in [0.2, 0.25) is 10.0 Å². The number of halogens is 1. The van der Waals surface area contributed by atoms with E-state index in [0.29, 0.717) is 5.92 Å². The monoisotopic (exact) mass is 400 g/mol. The molecule has 1 N–H and O–H groups in total. The smallest absolute Gasteiger partial charge is 0.253 e. The predicted octanol–water partition coefficient (Wildman–Crippen LogP) is 2.67. The number of rotatable bonds is 5. The first-order valence-corrected chi connectivity index (χ1v) is 10.7. The standard InChI is InChI=1S/C18H25ClN2O4S/c1-11(2)21(3)26(23,24)12-6-7-15(19)14(9-12)18(22)20-16-10-17-13(16)5-4-8-25-17/h6-7,9,11,13,16-17H,4-5,8,10H2,1-3H3,(H,20,22). The zero-order chi connectivity index (χ0) is 19.1. The number of carbonyl (C=O) groups excluding carboxylic acids is 1. The molecule has 1 amide bonds. The first-order valence-electron chi connectivity index (χ1n) is 8.92. The minimum absolute atomic E-state index is 0.0578. The number of ether oxygens (including phenoxy) is 1. The minimum Gasteiger partial charge on any atom is -0.378 e. The fourth-order valence-electron chi connectivity index (χ4n) is 3.49. The Morgan fingerprint density at radius 2 is 2.12 bits per heavy atom. The van der Waals surface area contributed by atoms with E-state index in [2.05, 4.69) is 5.32 Å². The highest BCUT2D eigenvalue weighted by molar-refractivity contribution is 7.89. The Bertz CT molecular complexity index is 796. The molecule has 0 spiro atoms. The van der Waals surface area contributed by atoms with Crippen molar-refractivity contribution in [1.82, 2.24) is 9.62 Å². The Morgan fingerprint density at radius 3 is 2.77 bits per heavy atom. The second kappa shape index (κ2) is 7.46. The van der Waals surface area contributed by atoms with E-state index < -0.39 is 10.0 Å². The number of benzene rings is 1.